The first-order valence-electron chi connectivity index (χ1n) is 10.5. The summed E-state index contributed by atoms with van der Waals surface area (Å²) in [5, 5.41) is 3.32. The van der Waals surface area contributed by atoms with E-state index in [1.807, 2.05) is 16.8 Å². The summed E-state index contributed by atoms with van der Waals surface area (Å²) >= 11 is 0. The highest BCUT2D eigenvalue weighted by atomic mass is 35.5. The zero-order valence-corrected chi connectivity index (χ0v) is 18.5. The van der Waals surface area contributed by atoms with E-state index in [0.29, 0.717) is 11.3 Å². The summed E-state index contributed by atoms with van der Waals surface area (Å²) in [6, 6.07) is 7.95. The van der Waals surface area contributed by atoms with Crippen molar-refractivity contribution in [3.63, 3.8) is 0 Å². The van der Waals surface area contributed by atoms with Gasteiger partial charge >= 0.3 is 0 Å². The van der Waals surface area contributed by atoms with Crippen molar-refractivity contribution < 1.29 is 14.3 Å². The number of hydrogen-bond donors (Lipinski definition) is 1. The van der Waals surface area contributed by atoms with E-state index in [1.54, 1.807) is 24.3 Å². The largest absolute Gasteiger partial charge is 0.484 e. The van der Waals surface area contributed by atoms with Crippen LogP contribution in [0.2, 0.25) is 0 Å². The Bertz CT molecular complexity index is 666. The number of halogens is 1. The van der Waals surface area contributed by atoms with Crippen LogP contribution in [0.4, 0.5) is 0 Å². The van der Waals surface area contributed by atoms with Gasteiger partial charge in [-0.2, -0.15) is 0 Å². The molecule has 2 fully saturated rings. The van der Waals surface area contributed by atoms with Gasteiger partial charge in [0.05, 0.1) is 0 Å². The van der Waals surface area contributed by atoms with Crippen LogP contribution in [0, 0.1) is 0 Å². The maximum Gasteiger partial charge on any atom is 0.260 e. The molecule has 2 unspecified atom stereocenters. The van der Waals surface area contributed by atoms with E-state index in [4.69, 9.17) is 4.74 Å². The summed E-state index contributed by atoms with van der Waals surface area (Å²) in [6.07, 6.45) is 5.25. The Morgan fingerprint density at radius 2 is 1.66 bits per heavy atom. The van der Waals surface area contributed by atoms with Crippen LogP contribution in [-0.2, 0) is 4.79 Å². The summed E-state index contributed by atoms with van der Waals surface area (Å²) < 4.78 is 5.70. The number of ether oxygens (including phenoxy) is 1. The Kier molecular flexibility index (Phi) is 8.78. The molecule has 0 radical (unpaired) electrons. The molecule has 0 bridgehead atoms. The van der Waals surface area contributed by atoms with Gasteiger partial charge in [0.2, 0.25) is 0 Å². The van der Waals surface area contributed by atoms with Crippen molar-refractivity contribution in [1.82, 2.24) is 15.1 Å². The van der Waals surface area contributed by atoms with Gasteiger partial charge in [-0.3, -0.25) is 9.59 Å². The van der Waals surface area contributed by atoms with E-state index in [2.05, 4.69) is 19.2 Å². The zero-order chi connectivity index (χ0) is 20.1. The van der Waals surface area contributed by atoms with Gasteiger partial charge in [-0.1, -0.05) is 0 Å². The molecule has 0 aliphatic carbocycles. The number of likely N-dealkylation sites (tertiary alicyclic amines) is 1. The highest BCUT2D eigenvalue weighted by Gasteiger charge is 2.29. The molecule has 2 aliphatic rings. The third kappa shape index (κ3) is 5.86. The van der Waals surface area contributed by atoms with Crippen LogP contribution in [0.25, 0.3) is 0 Å². The minimum absolute atomic E-state index is 0. The molecule has 1 aromatic rings. The van der Waals surface area contributed by atoms with Crippen molar-refractivity contribution in [1.29, 1.82) is 0 Å². The Morgan fingerprint density at radius 1 is 1.07 bits per heavy atom. The molecule has 3 rings (SSSR count). The number of carbonyl (C=O) groups excluding carboxylic acids is 2. The monoisotopic (exact) mass is 423 g/mol. The van der Waals surface area contributed by atoms with Gasteiger partial charge in [-0.25, -0.2) is 0 Å². The van der Waals surface area contributed by atoms with Crippen molar-refractivity contribution in [3.05, 3.63) is 29.8 Å². The topological polar surface area (TPSA) is 61.9 Å². The van der Waals surface area contributed by atoms with Crippen LogP contribution in [0.3, 0.4) is 0 Å². The van der Waals surface area contributed by atoms with Gasteiger partial charge in [0.15, 0.2) is 6.61 Å². The minimum Gasteiger partial charge on any atom is -0.484 e. The summed E-state index contributed by atoms with van der Waals surface area (Å²) in [7, 11) is 1.88. The third-order valence-electron chi connectivity index (χ3n) is 6.12. The fourth-order valence-electron chi connectivity index (χ4n) is 4.39. The first-order valence-corrected chi connectivity index (χ1v) is 10.5. The number of hydrogen-bond acceptors (Lipinski definition) is 4. The maximum atomic E-state index is 12.7. The van der Waals surface area contributed by atoms with Crippen molar-refractivity contribution in [2.45, 2.75) is 64.1 Å². The van der Waals surface area contributed by atoms with Crippen molar-refractivity contribution in [3.8, 4) is 5.75 Å². The van der Waals surface area contributed by atoms with Crippen LogP contribution < -0.4 is 10.1 Å². The Balaban J connectivity index is 0.00000300. The first kappa shape index (κ1) is 23.5. The van der Waals surface area contributed by atoms with Crippen LogP contribution in [0.1, 0.15) is 56.3 Å². The summed E-state index contributed by atoms with van der Waals surface area (Å²) in [4.78, 5) is 29.1. The second-order valence-corrected chi connectivity index (χ2v) is 8.14. The van der Waals surface area contributed by atoms with Gasteiger partial charge in [-0.05, 0) is 83.3 Å². The quantitative estimate of drug-likeness (QED) is 0.790. The molecule has 0 spiro atoms. The van der Waals surface area contributed by atoms with Gasteiger partial charge in [-0.15, -0.1) is 12.4 Å². The molecule has 1 N–H and O–H groups in total. The Morgan fingerprint density at radius 3 is 2.24 bits per heavy atom. The normalized spacial score (nSPS) is 22.5. The standard InChI is InChI=1S/C22H33N3O3.ClH/c1-16-5-4-6-17(2)25(16)21(26)15-28-20-9-7-18(8-10-20)22(27)24(3)19-11-13-23-14-12-19;/h7-10,16-17,19,23H,4-6,11-15H2,1-3H3;1H. The first-order chi connectivity index (χ1) is 13.5. The number of benzene rings is 1. The molecule has 7 heteroatoms. The second-order valence-electron chi connectivity index (χ2n) is 8.14. The fraction of sp³-hybridized carbons (Fsp3) is 0.636. The lowest BCUT2D eigenvalue weighted by molar-refractivity contribution is -0.139. The number of amides is 2. The predicted octanol–water partition coefficient (Wildman–Crippen LogP) is 3.10. The number of rotatable bonds is 5. The third-order valence-corrected chi connectivity index (χ3v) is 6.12. The van der Waals surface area contributed by atoms with E-state index in [0.717, 1.165) is 38.8 Å². The molecule has 29 heavy (non-hydrogen) atoms. The van der Waals surface area contributed by atoms with Gasteiger partial charge in [0.1, 0.15) is 5.75 Å². The maximum absolute atomic E-state index is 12.7. The minimum atomic E-state index is 0. The van der Waals surface area contributed by atoms with Crippen LogP contribution >= 0.6 is 12.4 Å². The number of nitrogens with one attached hydrogen (secondary N) is 1. The van der Waals surface area contributed by atoms with Crippen LogP contribution in [-0.4, -0.2) is 66.5 Å². The highest BCUT2D eigenvalue weighted by molar-refractivity contribution is 5.94. The lowest BCUT2D eigenvalue weighted by Crippen LogP contribution is -2.49. The van der Waals surface area contributed by atoms with E-state index in [-0.39, 0.29) is 49.0 Å². The molecule has 0 saturated carbocycles. The smallest absolute Gasteiger partial charge is 0.260 e. The Labute approximate surface area is 180 Å². The summed E-state index contributed by atoms with van der Waals surface area (Å²) in [5.41, 5.74) is 0.651. The highest BCUT2D eigenvalue weighted by Crippen LogP contribution is 2.23. The second kappa shape index (κ2) is 10.8. The molecule has 6 nitrogen and oxygen atoms in total. The fourth-order valence-corrected chi connectivity index (χ4v) is 4.39. The molecule has 0 aromatic heterocycles. The van der Waals surface area contributed by atoms with Crippen molar-refractivity contribution >= 4 is 24.2 Å². The molecular formula is C22H34ClN3O3. The predicted molar refractivity (Wildman–Crippen MR) is 117 cm³/mol. The molecule has 1 aromatic carbocycles. The van der Waals surface area contributed by atoms with E-state index in [1.165, 1.54) is 6.42 Å². The number of nitrogens with zero attached hydrogens (tertiary/aromatic N) is 2. The summed E-state index contributed by atoms with van der Waals surface area (Å²) in [6.45, 7) is 6.16. The van der Waals surface area contributed by atoms with Gasteiger partial charge < -0.3 is 19.9 Å². The number of piperidine rings is 2. The molecule has 2 atom stereocenters. The van der Waals surface area contributed by atoms with E-state index >= 15 is 0 Å². The van der Waals surface area contributed by atoms with Crippen molar-refractivity contribution in [2.75, 3.05) is 26.7 Å². The van der Waals surface area contributed by atoms with E-state index < -0.39 is 0 Å². The van der Waals surface area contributed by atoms with Crippen LogP contribution in [0.5, 0.6) is 5.75 Å². The van der Waals surface area contributed by atoms with Crippen LogP contribution in [0.15, 0.2) is 24.3 Å². The SMILES string of the molecule is CC1CCCC(C)N1C(=O)COc1ccc(C(=O)N(C)C2CCNCC2)cc1.Cl. The molecular weight excluding hydrogens is 390 g/mol. The molecule has 2 amide bonds. The lowest BCUT2D eigenvalue weighted by atomic mass is 9.97. The molecule has 2 aliphatic heterocycles. The average Bonchev–Trinajstić information content (AvgIpc) is 2.72. The zero-order valence-electron chi connectivity index (χ0n) is 17.7. The van der Waals surface area contributed by atoms with Gasteiger partial charge in [0.25, 0.3) is 11.8 Å². The van der Waals surface area contributed by atoms with E-state index in [9.17, 15) is 9.59 Å². The Hall–Kier alpha value is -1.79. The number of carbonyl (C=O) groups is 2. The molecule has 2 saturated heterocycles. The molecule has 2 heterocycles. The molecule has 162 valence electrons. The average molecular weight is 424 g/mol. The van der Waals surface area contributed by atoms with Crippen molar-refractivity contribution in [2.24, 2.45) is 0 Å². The van der Waals surface area contributed by atoms with Gasteiger partial charge in [0, 0.05) is 30.7 Å². The lowest BCUT2D eigenvalue weighted by Gasteiger charge is -2.38. The summed E-state index contributed by atoms with van der Waals surface area (Å²) in [5.74, 6) is 0.683.